The van der Waals surface area contributed by atoms with E-state index < -0.39 is 9.84 Å². The molecule has 0 aliphatic carbocycles. The van der Waals surface area contributed by atoms with Crippen molar-refractivity contribution in [2.24, 2.45) is 5.73 Å². The second-order valence-electron chi connectivity index (χ2n) is 6.66. The SMILES string of the molecule is CS(=O)(=O)c1cccc(C[C@H](N)c2ccccc2-c2noc3ccccc23)n1. The van der Waals surface area contributed by atoms with Crippen molar-refractivity contribution in [3.8, 4) is 11.3 Å². The molecule has 4 rings (SSSR count). The van der Waals surface area contributed by atoms with Crippen LogP contribution in [-0.2, 0) is 16.3 Å². The van der Waals surface area contributed by atoms with Gasteiger partial charge in [-0.3, -0.25) is 0 Å². The van der Waals surface area contributed by atoms with Crippen LogP contribution in [0.4, 0.5) is 0 Å². The fourth-order valence-electron chi connectivity index (χ4n) is 3.23. The molecule has 2 aromatic carbocycles. The summed E-state index contributed by atoms with van der Waals surface area (Å²) in [5.74, 6) is 0. The van der Waals surface area contributed by atoms with Gasteiger partial charge < -0.3 is 10.3 Å². The molecule has 142 valence electrons. The summed E-state index contributed by atoms with van der Waals surface area (Å²) < 4.78 is 29.0. The predicted octanol–water partition coefficient (Wildman–Crippen LogP) is 3.54. The number of hydrogen-bond acceptors (Lipinski definition) is 6. The predicted molar refractivity (Wildman–Crippen MR) is 107 cm³/mol. The molecule has 0 bridgehead atoms. The number of sulfone groups is 1. The summed E-state index contributed by atoms with van der Waals surface area (Å²) in [6.07, 6.45) is 1.54. The highest BCUT2D eigenvalue weighted by Gasteiger charge is 2.18. The van der Waals surface area contributed by atoms with Gasteiger partial charge in [0.2, 0.25) is 0 Å². The maximum atomic E-state index is 11.8. The summed E-state index contributed by atoms with van der Waals surface area (Å²) in [5, 5.41) is 5.20. The van der Waals surface area contributed by atoms with Crippen molar-refractivity contribution < 1.29 is 12.9 Å². The number of rotatable bonds is 5. The lowest BCUT2D eigenvalue weighted by Crippen LogP contribution is -2.16. The van der Waals surface area contributed by atoms with Gasteiger partial charge in [0.05, 0.1) is 0 Å². The molecule has 7 heteroatoms. The topological polar surface area (TPSA) is 99.1 Å². The summed E-state index contributed by atoms with van der Waals surface area (Å²) in [6, 6.07) is 20.0. The van der Waals surface area contributed by atoms with Crippen molar-refractivity contribution in [1.29, 1.82) is 0 Å². The standard InChI is InChI=1S/C21H19N3O3S/c1-28(25,26)20-12-6-7-14(23-20)13-18(22)15-8-2-3-9-16(15)21-17-10-4-5-11-19(17)27-24-21/h2-12,18H,13,22H2,1H3/t18-/m0/s1. The number of nitrogens with zero attached hydrogens (tertiary/aromatic N) is 2. The van der Waals surface area contributed by atoms with E-state index in [-0.39, 0.29) is 11.1 Å². The maximum Gasteiger partial charge on any atom is 0.192 e. The molecule has 1 atom stereocenters. The third-order valence-electron chi connectivity index (χ3n) is 4.58. The highest BCUT2D eigenvalue weighted by Crippen LogP contribution is 2.33. The molecule has 4 aromatic rings. The summed E-state index contributed by atoms with van der Waals surface area (Å²) >= 11 is 0. The average Bonchev–Trinajstić information content (AvgIpc) is 3.11. The van der Waals surface area contributed by atoms with E-state index >= 15 is 0 Å². The Labute approximate surface area is 162 Å². The molecule has 0 radical (unpaired) electrons. The number of nitrogens with two attached hydrogens (primary N) is 1. The van der Waals surface area contributed by atoms with E-state index in [0.717, 1.165) is 28.5 Å². The molecule has 0 unspecified atom stereocenters. The van der Waals surface area contributed by atoms with Crippen molar-refractivity contribution >= 4 is 20.8 Å². The van der Waals surface area contributed by atoms with Crippen molar-refractivity contribution in [3.63, 3.8) is 0 Å². The molecule has 0 fully saturated rings. The van der Waals surface area contributed by atoms with Crippen LogP contribution in [0.5, 0.6) is 0 Å². The molecule has 0 aliphatic heterocycles. The van der Waals surface area contributed by atoms with Gasteiger partial charge in [-0.05, 0) is 29.8 Å². The Kier molecular flexibility index (Phi) is 4.70. The van der Waals surface area contributed by atoms with Crippen molar-refractivity contribution in [2.45, 2.75) is 17.5 Å². The number of aromatic nitrogens is 2. The molecule has 0 amide bonds. The van der Waals surface area contributed by atoms with Crippen LogP contribution in [0.2, 0.25) is 0 Å². The van der Waals surface area contributed by atoms with Gasteiger partial charge in [-0.1, -0.05) is 47.6 Å². The normalized spacial score (nSPS) is 12.9. The first-order valence-corrected chi connectivity index (χ1v) is 10.7. The zero-order chi connectivity index (χ0) is 19.7. The van der Waals surface area contributed by atoms with E-state index in [9.17, 15) is 8.42 Å². The Bertz CT molecular complexity index is 1250. The molecule has 2 aromatic heterocycles. The fraction of sp³-hybridized carbons (Fsp3) is 0.143. The van der Waals surface area contributed by atoms with Crippen LogP contribution in [0, 0.1) is 0 Å². The third kappa shape index (κ3) is 3.54. The van der Waals surface area contributed by atoms with Crippen molar-refractivity contribution in [2.75, 3.05) is 6.26 Å². The Morgan fingerprint density at radius 3 is 2.57 bits per heavy atom. The van der Waals surface area contributed by atoms with E-state index in [1.54, 1.807) is 12.1 Å². The molecule has 0 saturated heterocycles. The Hall–Kier alpha value is -3.03. The number of benzene rings is 2. The van der Waals surface area contributed by atoms with E-state index in [1.807, 2.05) is 48.5 Å². The van der Waals surface area contributed by atoms with Crippen LogP contribution in [0.1, 0.15) is 17.3 Å². The van der Waals surface area contributed by atoms with Gasteiger partial charge in [0, 0.05) is 35.4 Å². The van der Waals surface area contributed by atoms with Gasteiger partial charge in [0.1, 0.15) is 5.69 Å². The van der Waals surface area contributed by atoms with Gasteiger partial charge in [-0.15, -0.1) is 0 Å². The maximum absolute atomic E-state index is 11.8. The molecule has 2 heterocycles. The van der Waals surface area contributed by atoms with Gasteiger partial charge in [0.15, 0.2) is 20.4 Å². The zero-order valence-electron chi connectivity index (χ0n) is 15.2. The smallest absolute Gasteiger partial charge is 0.192 e. The number of fused-ring (bicyclic) bond motifs is 1. The molecule has 0 aliphatic rings. The Balaban J connectivity index is 1.71. The quantitative estimate of drug-likeness (QED) is 0.557. The van der Waals surface area contributed by atoms with E-state index in [0.29, 0.717) is 17.7 Å². The monoisotopic (exact) mass is 393 g/mol. The minimum Gasteiger partial charge on any atom is -0.356 e. The molecule has 0 saturated carbocycles. The third-order valence-corrected chi connectivity index (χ3v) is 5.57. The Morgan fingerprint density at radius 2 is 1.75 bits per heavy atom. The molecule has 6 nitrogen and oxygen atoms in total. The highest BCUT2D eigenvalue weighted by atomic mass is 32.2. The number of para-hydroxylation sites is 1. The number of hydrogen-bond donors (Lipinski definition) is 1. The van der Waals surface area contributed by atoms with Gasteiger partial charge >= 0.3 is 0 Å². The minimum absolute atomic E-state index is 0.0491. The fourth-order valence-corrected chi connectivity index (χ4v) is 3.84. The van der Waals surface area contributed by atoms with Crippen LogP contribution in [0.25, 0.3) is 22.2 Å². The number of pyridine rings is 1. The van der Waals surface area contributed by atoms with Gasteiger partial charge in [0.25, 0.3) is 0 Å². The average molecular weight is 393 g/mol. The largest absolute Gasteiger partial charge is 0.356 e. The first kappa shape index (κ1) is 18.3. The van der Waals surface area contributed by atoms with Gasteiger partial charge in [-0.25, -0.2) is 13.4 Å². The van der Waals surface area contributed by atoms with E-state index in [4.69, 9.17) is 10.3 Å². The van der Waals surface area contributed by atoms with Crippen LogP contribution >= 0.6 is 0 Å². The van der Waals surface area contributed by atoms with E-state index in [2.05, 4.69) is 10.1 Å². The van der Waals surface area contributed by atoms with Crippen LogP contribution < -0.4 is 5.73 Å². The molecular weight excluding hydrogens is 374 g/mol. The highest BCUT2D eigenvalue weighted by molar-refractivity contribution is 7.90. The summed E-state index contributed by atoms with van der Waals surface area (Å²) in [6.45, 7) is 0. The van der Waals surface area contributed by atoms with Crippen LogP contribution in [0.3, 0.4) is 0 Å². The molecular formula is C21H19N3O3S. The lowest BCUT2D eigenvalue weighted by Gasteiger charge is -2.15. The van der Waals surface area contributed by atoms with Crippen molar-refractivity contribution in [1.82, 2.24) is 10.1 Å². The van der Waals surface area contributed by atoms with Crippen molar-refractivity contribution in [3.05, 3.63) is 78.0 Å². The zero-order valence-corrected chi connectivity index (χ0v) is 16.1. The second-order valence-corrected chi connectivity index (χ2v) is 8.63. The summed E-state index contributed by atoms with van der Waals surface area (Å²) in [5.41, 5.74) is 10.3. The van der Waals surface area contributed by atoms with E-state index in [1.165, 1.54) is 6.07 Å². The lowest BCUT2D eigenvalue weighted by molar-refractivity contribution is 0.459. The second kappa shape index (κ2) is 7.18. The molecule has 2 N–H and O–H groups in total. The molecule has 0 spiro atoms. The summed E-state index contributed by atoms with van der Waals surface area (Å²) in [4.78, 5) is 4.25. The minimum atomic E-state index is -3.37. The van der Waals surface area contributed by atoms with Crippen LogP contribution in [0.15, 0.2) is 76.3 Å². The first-order valence-electron chi connectivity index (χ1n) is 8.79. The lowest BCUT2D eigenvalue weighted by atomic mass is 9.94. The molecule has 28 heavy (non-hydrogen) atoms. The summed E-state index contributed by atoms with van der Waals surface area (Å²) in [7, 11) is -3.37. The van der Waals surface area contributed by atoms with Gasteiger partial charge in [-0.2, -0.15) is 0 Å². The Morgan fingerprint density at radius 1 is 1.00 bits per heavy atom. The van der Waals surface area contributed by atoms with Crippen LogP contribution in [-0.4, -0.2) is 24.8 Å². The first-order chi connectivity index (χ1) is 13.4.